The van der Waals surface area contributed by atoms with Gasteiger partial charge in [-0.05, 0) is 24.6 Å². The number of aliphatic carboxylic acids is 1. The van der Waals surface area contributed by atoms with E-state index in [1.54, 1.807) is 11.9 Å². The van der Waals surface area contributed by atoms with Gasteiger partial charge in [-0.25, -0.2) is 0 Å². The second-order valence-corrected chi connectivity index (χ2v) is 6.25. The summed E-state index contributed by atoms with van der Waals surface area (Å²) in [4.78, 5) is 26.7. The number of likely N-dealkylation sites (N-methyl/N-ethyl adjacent to an activating group) is 1. The summed E-state index contributed by atoms with van der Waals surface area (Å²) in [5.74, 6) is -1.10. The molecule has 0 spiro atoms. The molecule has 1 saturated heterocycles. The van der Waals surface area contributed by atoms with Crippen LogP contribution in [0, 0.1) is 5.92 Å². The summed E-state index contributed by atoms with van der Waals surface area (Å²) in [7, 11) is 1.77. The van der Waals surface area contributed by atoms with E-state index >= 15 is 0 Å². The Morgan fingerprint density at radius 2 is 2.14 bits per heavy atom. The fraction of sp³-hybridized carbons (Fsp3) is 0.467. The molecule has 114 valence electrons. The van der Waals surface area contributed by atoms with Gasteiger partial charge >= 0.3 is 5.97 Å². The van der Waals surface area contributed by atoms with Crippen LogP contribution < -0.4 is 0 Å². The zero-order valence-corrected chi connectivity index (χ0v) is 13.5. The lowest BCUT2D eigenvalue weighted by Gasteiger charge is -2.22. The van der Waals surface area contributed by atoms with Gasteiger partial charge in [0.2, 0.25) is 5.91 Å². The van der Waals surface area contributed by atoms with Crippen LogP contribution in [0.4, 0.5) is 0 Å². The number of hydrogen-bond donors (Lipinski definition) is 1. The Bertz CT molecular complexity index is 535. The predicted molar refractivity (Wildman–Crippen MR) is 82.8 cm³/mol. The average molecular weight is 355 g/mol. The molecular formula is C15H19BrN2O3. The summed E-state index contributed by atoms with van der Waals surface area (Å²) in [5.41, 5.74) is 1.05. The van der Waals surface area contributed by atoms with Crippen molar-refractivity contribution < 1.29 is 14.7 Å². The van der Waals surface area contributed by atoms with Gasteiger partial charge in [-0.2, -0.15) is 0 Å². The molecule has 0 saturated carbocycles. The second-order valence-electron chi connectivity index (χ2n) is 5.40. The molecule has 21 heavy (non-hydrogen) atoms. The SMILES string of the molecule is CN(Cc1ccccc1Br)C(=O)CN1CC[C@H](C(=O)O)C1. The van der Waals surface area contributed by atoms with Crippen LogP contribution in [-0.2, 0) is 16.1 Å². The molecule has 1 N–H and O–H groups in total. The fourth-order valence-electron chi connectivity index (χ4n) is 2.46. The molecule has 0 aromatic heterocycles. The van der Waals surface area contributed by atoms with Crippen LogP contribution in [0.1, 0.15) is 12.0 Å². The van der Waals surface area contributed by atoms with Crippen LogP contribution in [0.15, 0.2) is 28.7 Å². The van der Waals surface area contributed by atoms with Gasteiger partial charge in [0.05, 0.1) is 12.5 Å². The van der Waals surface area contributed by atoms with Gasteiger partial charge in [0.25, 0.3) is 0 Å². The van der Waals surface area contributed by atoms with Crippen molar-refractivity contribution in [2.45, 2.75) is 13.0 Å². The van der Waals surface area contributed by atoms with E-state index in [-0.39, 0.29) is 18.4 Å². The van der Waals surface area contributed by atoms with Crippen LogP contribution in [0.2, 0.25) is 0 Å². The van der Waals surface area contributed by atoms with Gasteiger partial charge in [0.15, 0.2) is 0 Å². The number of halogens is 1. The van der Waals surface area contributed by atoms with Gasteiger partial charge in [0, 0.05) is 24.6 Å². The van der Waals surface area contributed by atoms with E-state index in [1.165, 1.54) is 0 Å². The zero-order chi connectivity index (χ0) is 15.4. The molecular weight excluding hydrogens is 336 g/mol. The molecule has 1 atom stereocenters. The van der Waals surface area contributed by atoms with E-state index in [9.17, 15) is 9.59 Å². The largest absolute Gasteiger partial charge is 0.481 e. The average Bonchev–Trinajstić information content (AvgIpc) is 2.90. The van der Waals surface area contributed by atoms with E-state index in [0.29, 0.717) is 26.1 Å². The third-order valence-electron chi connectivity index (χ3n) is 3.77. The van der Waals surface area contributed by atoms with E-state index in [1.807, 2.05) is 29.2 Å². The second kappa shape index (κ2) is 7.04. The first kappa shape index (κ1) is 16.0. The smallest absolute Gasteiger partial charge is 0.307 e. The lowest BCUT2D eigenvalue weighted by Crippen LogP contribution is -2.37. The number of nitrogens with zero attached hydrogens (tertiary/aromatic N) is 2. The molecule has 2 rings (SSSR count). The van der Waals surface area contributed by atoms with Crippen molar-refractivity contribution in [1.82, 2.24) is 9.80 Å². The summed E-state index contributed by atoms with van der Waals surface area (Å²) in [6, 6.07) is 7.80. The van der Waals surface area contributed by atoms with Crippen molar-refractivity contribution in [3.63, 3.8) is 0 Å². The van der Waals surface area contributed by atoms with E-state index in [4.69, 9.17) is 5.11 Å². The van der Waals surface area contributed by atoms with Crippen LogP contribution in [-0.4, -0.2) is 53.5 Å². The van der Waals surface area contributed by atoms with Crippen LogP contribution in [0.5, 0.6) is 0 Å². The summed E-state index contributed by atoms with van der Waals surface area (Å²) in [6.07, 6.45) is 0.622. The van der Waals surface area contributed by atoms with Crippen molar-refractivity contribution >= 4 is 27.8 Å². The van der Waals surface area contributed by atoms with Gasteiger partial charge in [0.1, 0.15) is 0 Å². The van der Waals surface area contributed by atoms with Gasteiger partial charge in [-0.3, -0.25) is 14.5 Å². The highest BCUT2D eigenvalue weighted by atomic mass is 79.9. The fourth-order valence-corrected chi connectivity index (χ4v) is 2.87. The Morgan fingerprint density at radius 3 is 2.76 bits per heavy atom. The molecule has 0 unspecified atom stereocenters. The summed E-state index contributed by atoms with van der Waals surface area (Å²) in [5, 5.41) is 8.97. The molecule has 1 aliphatic heterocycles. The summed E-state index contributed by atoms with van der Waals surface area (Å²) < 4.78 is 0.983. The minimum Gasteiger partial charge on any atom is -0.481 e. The Labute approximate surface area is 132 Å². The first-order valence-electron chi connectivity index (χ1n) is 6.90. The summed E-state index contributed by atoms with van der Waals surface area (Å²) in [6.45, 7) is 1.96. The Hall–Kier alpha value is -1.40. The van der Waals surface area contributed by atoms with E-state index in [0.717, 1.165) is 10.0 Å². The number of carboxylic acids is 1. The standard InChI is InChI=1S/C15H19BrN2O3/c1-17(8-11-4-2-3-5-13(11)16)14(19)10-18-7-6-12(9-18)15(20)21/h2-5,12H,6-10H2,1H3,(H,20,21)/t12-/m0/s1. The van der Waals surface area contributed by atoms with Gasteiger partial charge in [-0.1, -0.05) is 34.1 Å². The molecule has 1 fully saturated rings. The third kappa shape index (κ3) is 4.28. The molecule has 1 aromatic rings. The highest BCUT2D eigenvalue weighted by Gasteiger charge is 2.29. The lowest BCUT2D eigenvalue weighted by atomic mass is 10.1. The number of carboxylic acid groups (broad SMARTS) is 1. The first-order chi connectivity index (χ1) is 9.97. The maximum absolute atomic E-state index is 12.2. The van der Waals surface area contributed by atoms with Crippen LogP contribution >= 0.6 is 15.9 Å². The third-order valence-corrected chi connectivity index (χ3v) is 4.55. The Balaban J connectivity index is 1.86. The maximum Gasteiger partial charge on any atom is 0.307 e. The maximum atomic E-state index is 12.2. The summed E-state index contributed by atoms with van der Waals surface area (Å²) >= 11 is 3.47. The highest BCUT2D eigenvalue weighted by Crippen LogP contribution is 2.18. The van der Waals surface area contributed by atoms with Crippen LogP contribution in [0.3, 0.4) is 0 Å². The number of benzene rings is 1. The number of hydrogen-bond acceptors (Lipinski definition) is 3. The zero-order valence-electron chi connectivity index (χ0n) is 12.0. The van der Waals surface area contributed by atoms with Crippen molar-refractivity contribution in [1.29, 1.82) is 0 Å². The molecule has 1 heterocycles. The van der Waals surface area contributed by atoms with Crippen molar-refractivity contribution in [3.05, 3.63) is 34.3 Å². The molecule has 0 bridgehead atoms. The van der Waals surface area contributed by atoms with Gasteiger partial charge < -0.3 is 10.0 Å². The number of rotatable bonds is 5. The molecule has 5 nitrogen and oxygen atoms in total. The number of amides is 1. The van der Waals surface area contributed by atoms with Crippen molar-refractivity contribution in [2.24, 2.45) is 5.92 Å². The quantitative estimate of drug-likeness (QED) is 0.875. The minimum atomic E-state index is -0.772. The van der Waals surface area contributed by atoms with Gasteiger partial charge in [-0.15, -0.1) is 0 Å². The molecule has 0 radical (unpaired) electrons. The normalized spacial score (nSPS) is 18.7. The number of likely N-dealkylation sites (tertiary alicyclic amines) is 1. The molecule has 0 aliphatic carbocycles. The van der Waals surface area contributed by atoms with E-state index in [2.05, 4.69) is 15.9 Å². The lowest BCUT2D eigenvalue weighted by molar-refractivity contribution is -0.141. The topological polar surface area (TPSA) is 60.9 Å². The highest BCUT2D eigenvalue weighted by molar-refractivity contribution is 9.10. The Kier molecular flexibility index (Phi) is 5.36. The molecule has 1 aromatic carbocycles. The van der Waals surface area contributed by atoms with Crippen molar-refractivity contribution in [2.75, 3.05) is 26.7 Å². The van der Waals surface area contributed by atoms with Crippen molar-refractivity contribution in [3.8, 4) is 0 Å². The predicted octanol–water partition coefficient (Wildman–Crippen LogP) is 1.81. The van der Waals surface area contributed by atoms with Crippen LogP contribution in [0.25, 0.3) is 0 Å². The first-order valence-corrected chi connectivity index (χ1v) is 7.69. The molecule has 1 amide bonds. The minimum absolute atomic E-state index is 0.0109. The van der Waals surface area contributed by atoms with E-state index < -0.39 is 5.97 Å². The number of carbonyl (C=O) groups excluding carboxylic acids is 1. The monoisotopic (exact) mass is 354 g/mol. The Morgan fingerprint density at radius 1 is 1.43 bits per heavy atom. The molecule has 1 aliphatic rings. The molecule has 6 heteroatoms. The number of carbonyl (C=O) groups is 2.